The highest BCUT2D eigenvalue weighted by Crippen LogP contribution is 2.32. The van der Waals surface area contributed by atoms with Crippen molar-refractivity contribution in [1.82, 2.24) is 0 Å². The summed E-state index contributed by atoms with van der Waals surface area (Å²) in [6.45, 7) is 9.55. The minimum Gasteiger partial charge on any atom is -0.469 e. The van der Waals surface area contributed by atoms with Crippen LogP contribution in [0.15, 0.2) is 102 Å². The van der Waals surface area contributed by atoms with Gasteiger partial charge in [-0.3, -0.25) is 4.79 Å². The van der Waals surface area contributed by atoms with Gasteiger partial charge in [-0.25, -0.2) is 0 Å². The van der Waals surface area contributed by atoms with Crippen molar-refractivity contribution in [2.45, 2.75) is 38.2 Å². The Bertz CT molecular complexity index is 1040. The first-order valence-corrected chi connectivity index (χ1v) is 17.3. The second-order valence-corrected chi connectivity index (χ2v) is 18.5. The number of methoxy groups -OCH3 is 1. The van der Waals surface area contributed by atoms with E-state index in [0.717, 1.165) is 0 Å². The van der Waals surface area contributed by atoms with E-state index < -0.39 is 16.1 Å². The Morgan fingerprint density at radius 1 is 0.781 bits per heavy atom. The molecule has 3 aromatic rings. The van der Waals surface area contributed by atoms with Gasteiger partial charge in [0.1, 0.15) is 8.07 Å². The number of hydrogen-bond donors (Lipinski definition) is 0. The van der Waals surface area contributed by atoms with E-state index in [2.05, 4.69) is 123 Å². The molecule has 0 aliphatic heterocycles. The number of allylic oxidation sites excluding steroid dienone is 1. The van der Waals surface area contributed by atoms with E-state index in [1.165, 1.54) is 28.2 Å². The van der Waals surface area contributed by atoms with Gasteiger partial charge in [-0.05, 0) is 5.56 Å². The number of carbonyl (C=O) groups is 1. The Balaban J connectivity index is 2.19. The lowest BCUT2D eigenvalue weighted by atomic mass is 10.1. The predicted octanol–water partition coefficient (Wildman–Crippen LogP) is 5.57. The molecule has 4 heteroatoms. The number of carbonyl (C=O) groups excluding carboxylic acids is 1. The highest BCUT2D eigenvalue weighted by atomic mass is 28.3. The minimum atomic E-state index is -2.08. The third-order valence-corrected chi connectivity index (χ3v) is 14.3. The Morgan fingerprint density at radius 3 is 1.75 bits per heavy atom. The van der Waals surface area contributed by atoms with Gasteiger partial charge in [-0.2, -0.15) is 0 Å². The zero-order chi connectivity index (χ0) is 23.2. The van der Waals surface area contributed by atoms with E-state index >= 15 is 0 Å². The Morgan fingerprint density at radius 2 is 1.25 bits per heavy atom. The van der Waals surface area contributed by atoms with Gasteiger partial charge in [0, 0.05) is 5.54 Å². The Labute approximate surface area is 195 Å². The van der Waals surface area contributed by atoms with Gasteiger partial charge < -0.3 is 4.74 Å². The maximum absolute atomic E-state index is 12.5. The molecular weight excluding hydrogens is 424 g/mol. The van der Waals surface area contributed by atoms with Gasteiger partial charge in [0.05, 0.1) is 21.6 Å². The van der Waals surface area contributed by atoms with Crippen LogP contribution in [0.5, 0.6) is 0 Å². The number of rotatable bonds is 8. The van der Waals surface area contributed by atoms with E-state index in [0.29, 0.717) is 6.42 Å². The van der Waals surface area contributed by atoms with Gasteiger partial charge in [0.2, 0.25) is 0 Å². The summed E-state index contributed by atoms with van der Waals surface area (Å²) < 4.78 is 5.12. The third kappa shape index (κ3) is 5.37. The zero-order valence-corrected chi connectivity index (χ0v) is 21.8. The molecule has 3 aromatic carbocycles. The first-order valence-electron chi connectivity index (χ1n) is 11.2. The lowest BCUT2D eigenvalue weighted by Gasteiger charge is -2.35. The second-order valence-electron chi connectivity index (χ2n) is 9.41. The summed E-state index contributed by atoms with van der Waals surface area (Å²) in [6, 6.07) is 32.3. The fraction of sp³-hybridized carbons (Fsp3) is 0.250. The second kappa shape index (κ2) is 10.3. The molecule has 0 heterocycles. The molecular formula is C28H34O2Si2. The molecule has 0 aromatic heterocycles. The Kier molecular flexibility index (Phi) is 7.70. The lowest BCUT2D eigenvalue weighted by molar-refractivity contribution is -0.139. The number of benzene rings is 3. The number of hydrogen-bond acceptors (Lipinski definition) is 2. The molecule has 32 heavy (non-hydrogen) atoms. The number of esters is 1. The lowest BCUT2D eigenvalue weighted by Crippen LogP contribution is -2.49. The van der Waals surface area contributed by atoms with Crippen LogP contribution < -0.4 is 10.4 Å². The maximum atomic E-state index is 12.5. The molecule has 0 aliphatic rings. The number of ether oxygens (including phenoxy) is 1. The molecule has 0 unspecified atom stereocenters. The van der Waals surface area contributed by atoms with Gasteiger partial charge in [-0.1, -0.05) is 139 Å². The van der Waals surface area contributed by atoms with Crippen LogP contribution in [0.3, 0.4) is 0 Å². The summed E-state index contributed by atoms with van der Waals surface area (Å²) in [4.78, 5) is 12.5. The molecule has 0 bridgehead atoms. The van der Waals surface area contributed by atoms with Crippen molar-refractivity contribution >= 4 is 32.5 Å². The van der Waals surface area contributed by atoms with Crippen molar-refractivity contribution in [3.8, 4) is 0 Å². The summed E-state index contributed by atoms with van der Waals surface area (Å²) in [7, 11) is -2.56. The average Bonchev–Trinajstić information content (AvgIpc) is 2.83. The highest BCUT2D eigenvalue weighted by Gasteiger charge is 2.37. The summed E-state index contributed by atoms with van der Waals surface area (Å²) >= 11 is 0. The summed E-state index contributed by atoms with van der Waals surface area (Å²) in [5.74, 6) is -0.168. The molecule has 0 amide bonds. The normalized spacial score (nSPS) is 13.5. The Hall–Kier alpha value is -2.70. The van der Waals surface area contributed by atoms with E-state index in [9.17, 15) is 4.79 Å². The first-order chi connectivity index (χ1) is 15.3. The van der Waals surface area contributed by atoms with Gasteiger partial charge in [-0.15, -0.1) is 0 Å². The molecule has 0 spiro atoms. The standard InChI is InChI=1S/C28H34O2Si2/c1-30-28(29)22-26(31(2,3)24-17-11-7-12-18-24)21-27(23-15-9-6-10-16-23)32(4,5)25-19-13-8-14-20-25/h6-21,27H,22H2,1-5H3/b26-21+/t27-/m0/s1. The SMILES string of the molecule is COC(=O)C/C(=C\[C@@H](c1ccccc1)[Si](C)(C)c1ccccc1)[Si](C)(C)c1ccccc1. The largest absolute Gasteiger partial charge is 0.469 e. The van der Waals surface area contributed by atoms with Gasteiger partial charge in [0.25, 0.3) is 0 Å². The van der Waals surface area contributed by atoms with Crippen LogP contribution in [0.2, 0.25) is 26.2 Å². The molecule has 0 N–H and O–H groups in total. The molecule has 3 rings (SSSR count). The fourth-order valence-electron chi connectivity index (χ4n) is 4.39. The predicted molar refractivity (Wildman–Crippen MR) is 141 cm³/mol. The first kappa shape index (κ1) is 24.0. The van der Waals surface area contributed by atoms with E-state index in [4.69, 9.17) is 4.74 Å². The summed E-state index contributed by atoms with van der Waals surface area (Å²) in [5.41, 5.74) is 1.56. The quantitative estimate of drug-likeness (QED) is 0.326. The van der Waals surface area contributed by atoms with Crippen LogP contribution >= 0.6 is 0 Å². The van der Waals surface area contributed by atoms with Crippen LogP contribution in [0.25, 0.3) is 0 Å². The smallest absolute Gasteiger partial charge is 0.309 e. The fourth-order valence-corrected chi connectivity index (χ4v) is 10.2. The van der Waals surface area contributed by atoms with Crippen LogP contribution in [-0.2, 0) is 9.53 Å². The maximum Gasteiger partial charge on any atom is 0.309 e. The highest BCUT2D eigenvalue weighted by molar-refractivity contribution is 6.96. The van der Waals surface area contributed by atoms with Gasteiger partial charge >= 0.3 is 5.97 Å². The summed E-state index contributed by atoms with van der Waals surface area (Å²) in [5, 5.41) is 3.99. The van der Waals surface area contributed by atoms with E-state index in [1.54, 1.807) is 0 Å². The molecule has 2 nitrogen and oxygen atoms in total. The summed E-state index contributed by atoms with van der Waals surface area (Å²) in [6.07, 6.45) is 2.78. The van der Waals surface area contributed by atoms with Crippen molar-refractivity contribution in [2.24, 2.45) is 0 Å². The minimum absolute atomic E-state index is 0.168. The zero-order valence-electron chi connectivity index (χ0n) is 19.8. The average molecular weight is 459 g/mol. The van der Waals surface area contributed by atoms with Crippen molar-refractivity contribution in [2.75, 3.05) is 7.11 Å². The van der Waals surface area contributed by atoms with Gasteiger partial charge in [0.15, 0.2) is 0 Å². The van der Waals surface area contributed by atoms with Crippen molar-refractivity contribution in [3.05, 3.63) is 108 Å². The monoisotopic (exact) mass is 458 g/mol. The molecule has 166 valence electrons. The van der Waals surface area contributed by atoms with E-state index in [-0.39, 0.29) is 11.5 Å². The van der Waals surface area contributed by atoms with E-state index in [1.807, 2.05) is 0 Å². The molecule has 1 atom stereocenters. The van der Waals surface area contributed by atoms with Crippen LogP contribution in [0.4, 0.5) is 0 Å². The van der Waals surface area contributed by atoms with Crippen molar-refractivity contribution in [1.29, 1.82) is 0 Å². The van der Waals surface area contributed by atoms with Crippen LogP contribution in [-0.4, -0.2) is 29.2 Å². The molecule has 0 radical (unpaired) electrons. The third-order valence-electron chi connectivity index (χ3n) is 6.68. The molecule has 0 saturated carbocycles. The van der Waals surface area contributed by atoms with Crippen molar-refractivity contribution in [3.63, 3.8) is 0 Å². The van der Waals surface area contributed by atoms with Crippen LogP contribution in [0.1, 0.15) is 17.5 Å². The van der Waals surface area contributed by atoms with Crippen LogP contribution in [0, 0.1) is 0 Å². The topological polar surface area (TPSA) is 26.3 Å². The molecule has 0 saturated heterocycles. The van der Waals surface area contributed by atoms with Crippen molar-refractivity contribution < 1.29 is 9.53 Å². The molecule has 0 aliphatic carbocycles. The molecule has 0 fully saturated rings.